The molecule has 3 aromatic carbocycles. The highest BCUT2D eigenvalue weighted by Crippen LogP contribution is 2.28. The SMILES string of the molecule is CC(Cc1ccccc1)(NCC(c1ccccc1)c1ccccc1)c1ccccn1. The third-order valence-corrected chi connectivity index (χ3v) is 5.73. The first-order valence-corrected chi connectivity index (χ1v) is 10.5. The fourth-order valence-electron chi connectivity index (χ4n) is 4.06. The van der Waals surface area contributed by atoms with Crippen LogP contribution in [0.2, 0.25) is 0 Å². The van der Waals surface area contributed by atoms with Gasteiger partial charge in [-0.15, -0.1) is 0 Å². The molecule has 4 rings (SSSR count). The second-order valence-corrected chi connectivity index (χ2v) is 7.96. The summed E-state index contributed by atoms with van der Waals surface area (Å²) in [5, 5.41) is 3.90. The van der Waals surface area contributed by atoms with Gasteiger partial charge >= 0.3 is 0 Å². The molecule has 1 N–H and O–H groups in total. The monoisotopic (exact) mass is 392 g/mol. The molecule has 0 saturated heterocycles. The number of rotatable bonds is 8. The van der Waals surface area contributed by atoms with Gasteiger partial charge in [0.1, 0.15) is 0 Å². The highest BCUT2D eigenvalue weighted by molar-refractivity contribution is 5.33. The average molecular weight is 393 g/mol. The Labute approximate surface area is 179 Å². The molecule has 0 aliphatic carbocycles. The molecule has 2 nitrogen and oxygen atoms in total. The molecule has 1 heterocycles. The van der Waals surface area contributed by atoms with Crippen molar-refractivity contribution in [3.05, 3.63) is 138 Å². The van der Waals surface area contributed by atoms with E-state index in [1.807, 2.05) is 12.3 Å². The van der Waals surface area contributed by atoms with Crippen molar-refractivity contribution in [1.29, 1.82) is 0 Å². The van der Waals surface area contributed by atoms with E-state index in [-0.39, 0.29) is 11.5 Å². The Morgan fingerprint density at radius 2 is 1.23 bits per heavy atom. The van der Waals surface area contributed by atoms with Crippen molar-refractivity contribution in [1.82, 2.24) is 10.3 Å². The number of aromatic nitrogens is 1. The fraction of sp³-hybridized carbons (Fsp3) is 0.179. The second kappa shape index (κ2) is 9.51. The second-order valence-electron chi connectivity index (χ2n) is 7.96. The number of nitrogens with zero attached hydrogens (tertiary/aromatic N) is 1. The zero-order valence-electron chi connectivity index (χ0n) is 17.4. The molecule has 0 bridgehead atoms. The first-order chi connectivity index (χ1) is 14.7. The molecule has 150 valence electrons. The smallest absolute Gasteiger partial charge is 0.0621 e. The molecule has 1 aromatic heterocycles. The Hall–Kier alpha value is -3.23. The third-order valence-electron chi connectivity index (χ3n) is 5.73. The van der Waals surface area contributed by atoms with Crippen LogP contribution in [-0.2, 0) is 12.0 Å². The molecular weight excluding hydrogens is 364 g/mol. The molecule has 0 spiro atoms. The van der Waals surface area contributed by atoms with E-state index in [1.165, 1.54) is 16.7 Å². The Morgan fingerprint density at radius 1 is 0.700 bits per heavy atom. The van der Waals surface area contributed by atoms with Gasteiger partial charge in [0.2, 0.25) is 0 Å². The van der Waals surface area contributed by atoms with Crippen LogP contribution in [0.1, 0.15) is 35.2 Å². The van der Waals surface area contributed by atoms with E-state index in [4.69, 9.17) is 4.98 Å². The lowest BCUT2D eigenvalue weighted by atomic mass is 9.86. The van der Waals surface area contributed by atoms with Crippen molar-refractivity contribution in [2.24, 2.45) is 0 Å². The number of hydrogen-bond donors (Lipinski definition) is 1. The van der Waals surface area contributed by atoms with E-state index < -0.39 is 0 Å². The predicted octanol–water partition coefficient (Wildman–Crippen LogP) is 5.96. The zero-order valence-corrected chi connectivity index (χ0v) is 17.4. The minimum absolute atomic E-state index is 0.270. The lowest BCUT2D eigenvalue weighted by Crippen LogP contribution is -2.44. The van der Waals surface area contributed by atoms with Crippen molar-refractivity contribution in [2.75, 3.05) is 6.54 Å². The molecule has 4 aromatic rings. The van der Waals surface area contributed by atoms with Gasteiger partial charge in [0.25, 0.3) is 0 Å². The molecule has 1 atom stereocenters. The van der Waals surface area contributed by atoms with Gasteiger partial charge < -0.3 is 5.32 Å². The Kier molecular flexibility index (Phi) is 6.36. The molecule has 0 radical (unpaired) electrons. The Balaban J connectivity index is 1.64. The van der Waals surface area contributed by atoms with Gasteiger partial charge in [-0.3, -0.25) is 4.98 Å². The van der Waals surface area contributed by atoms with Crippen LogP contribution in [-0.4, -0.2) is 11.5 Å². The molecule has 0 fully saturated rings. The van der Waals surface area contributed by atoms with Gasteiger partial charge in [0.05, 0.1) is 11.2 Å². The zero-order chi connectivity index (χ0) is 20.7. The number of nitrogens with one attached hydrogen (secondary N) is 1. The summed E-state index contributed by atoms with van der Waals surface area (Å²) in [5.74, 6) is 0.270. The van der Waals surface area contributed by atoms with Gasteiger partial charge in [-0.25, -0.2) is 0 Å². The molecular formula is C28H28N2. The standard InChI is InChI=1S/C28H28N2/c1-28(27-19-11-12-20-29-27,21-23-13-5-2-6-14-23)30-22-26(24-15-7-3-8-16-24)25-17-9-4-10-18-25/h2-20,26,30H,21-22H2,1H3. The summed E-state index contributed by atoms with van der Waals surface area (Å²) >= 11 is 0. The summed E-state index contributed by atoms with van der Waals surface area (Å²) in [6.07, 6.45) is 2.76. The average Bonchev–Trinajstić information content (AvgIpc) is 2.82. The number of benzene rings is 3. The van der Waals surface area contributed by atoms with E-state index in [0.717, 1.165) is 18.7 Å². The van der Waals surface area contributed by atoms with Crippen LogP contribution < -0.4 is 5.32 Å². The van der Waals surface area contributed by atoms with Crippen LogP contribution in [0.25, 0.3) is 0 Å². The maximum Gasteiger partial charge on any atom is 0.0621 e. The van der Waals surface area contributed by atoms with Crippen LogP contribution >= 0.6 is 0 Å². The van der Waals surface area contributed by atoms with Crippen molar-refractivity contribution in [3.8, 4) is 0 Å². The molecule has 30 heavy (non-hydrogen) atoms. The lowest BCUT2D eigenvalue weighted by molar-refractivity contribution is 0.348. The summed E-state index contributed by atoms with van der Waals surface area (Å²) in [6, 6.07) is 38.3. The molecule has 0 aliphatic rings. The van der Waals surface area contributed by atoms with Crippen LogP contribution in [0.3, 0.4) is 0 Å². The Bertz CT molecular complexity index is 978. The van der Waals surface area contributed by atoms with E-state index in [9.17, 15) is 0 Å². The Morgan fingerprint density at radius 3 is 1.77 bits per heavy atom. The van der Waals surface area contributed by atoms with Gasteiger partial charge in [-0.2, -0.15) is 0 Å². The maximum absolute atomic E-state index is 4.71. The van der Waals surface area contributed by atoms with Crippen molar-refractivity contribution >= 4 is 0 Å². The molecule has 0 aliphatic heterocycles. The minimum atomic E-state index is -0.273. The minimum Gasteiger partial charge on any atom is -0.305 e. The maximum atomic E-state index is 4.71. The van der Waals surface area contributed by atoms with Crippen molar-refractivity contribution in [3.63, 3.8) is 0 Å². The first-order valence-electron chi connectivity index (χ1n) is 10.5. The normalized spacial score (nSPS) is 13.1. The highest BCUT2D eigenvalue weighted by atomic mass is 15.0. The quantitative estimate of drug-likeness (QED) is 0.400. The number of pyridine rings is 1. The van der Waals surface area contributed by atoms with Crippen LogP contribution in [0, 0.1) is 0 Å². The van der Waals surface area contributed by atoms with E-state index in [2.05, 4.69) is 115 Å². The van der Waals surface area contributed by atoms with E-state index in [1.54, 1.807) is 0 Å². The van der Waals surface area contributed by atoms with Gasteiger partial charge in [0.15, 0.2) is 0 Å². The van der Waals surface area contributed by atoms with Crippen molar-refractivity contribution in [2.45, 2.75) is 24.8 Å². The van der Waals surface area contributed by atoms with Gasteiger partial charge in [-0.1, -0.05) is 97.1 Å². The van der Waals surface area contributed by atoms with Crippen LogP contribution in [0.5, 0.6) is 0 Å². The summed E-state index contributed by atoms with van der Waals surface area (Å²) in [7, 11) is 0. The van der Waals surface area contributed by atoms with Crippen LogP contribution in [0.15, 0.2) is 115 Å². The third kappa shape index (κ3) is 4.84. The highest BCUT2D eigenvalue weighted by Gasteiger charge is 2.29. The van der Waals surface area contributed by atoms with Crippen LogP contribution in [0.4, 0.5) is 0 Å². The molecule has 2 heteroatoms. The largest absolute Gasteiger partial charge is 0.305 e. The van der Waals surface area contributed by atoms with Gasteiger partial charge in [-0.05, 0) is 42.2 Å². The molecule has 0 amide bonds. The molecule has 0 saturated carbocycles. The number of hydrogen-bond acceptors (Lipinski definition) is 2. The van der Waals surface area contributed by atoms with Crippen molar-refractivity contribution < 1.29 is 0 Å². The molecule has 1 unspecified atom stereocenters. The fourth-order valence-corrected chi connectivity index (χ4v) is 4.06. The summed E-state index contributed by atoms with van der Waals surface area (Å²) in [5.41, 5.74) is 4.73. The van der Waals surface area contributed by atoms with E-state index in [0.29, 0.717) is 0 Å². The van der Waals surface area contributed by atoms with Gasteiger partial charge in [0, 0.05) is 18.7 Å². The summed E-state index contributed by atoms with van der Waals surface area (Å²) in [6.45, 7) is 3.09. The lowest BCUT2D eigenvalue weighted by Gasteiger charge is -2.33. The van der Waals surface area contributed by atoms with E-state index >= 15 is 0 Å². The summed E-state index contributed by atoms with van der Waals surface area (Å²) < 4.78 is 0. The summed E-state index contributed by atoms with van der Waals surface area (Å²) in [4.78, 5) is 4.71. The predicted molar refractivity (Wildman–Crippen MR) is 124 cm³/mol. The first kappa shape index (κ1) is 20.1. The topological polar surface area (TPSA) is 24.9 Å².